The van der Waals surface area contributed by atoms with Crippen LogP contribution in [0, 0.1) is 6.92 Å². The number of hydrogen-bond acceptors (Lipinski definition) is 5. The number of fused-ring (bicyclic) bond motifs is 1. The van der Waals surface area contributed by atoms with Crippen molar-refractivity contribution in [3.05, 3.63) is 67.8 Å². The first-order valence-corrected chi connectivity index (χ1v) is 11.5. The van der Waals surface area contributed by atoms with Crippen LogP contribution in [-0.2, 0) is 24.2 Å². The summed E-state index contributed by atoms with van der Waals surface area (Å²) in [5.41, 5.74) is 4.57. The normalized spacial score (nSPS) is 16.7. The van der Waals surface area contributed by atoms with Crippen molar-refractivity contribution in [3.8, 4) is 0 Å². The third-order valence-electron chi connectivity index (χ3n) is 5.20. The first-order valence-electron chi connectivity index (χ1n) is 9.72. The molecular formula is C22H25N3OS2. The number of thiophene rings is 1. The Bertz CT molecular complexity index is 945. The Balaban J connectivity index is 1.36. The molecule has 2 aromatic heterocycles. The lowest BCUT2D eigenvalue weighted by Gasteiger charge is -2.34. The van der Waals surface area contributed by atoms with E-state index in [4.69, 9.17) is 4.98 Å². The van der Waals surface area contributed by atoms with E-state index in [1.165, 1.54) is 16.0 Å². The number of carbonyl (C=O) groups excluding carboxylic acids is 1. The molecule has 1 aliphatic heterocycles. The fourth-order valence-corrected chi connectivity index (χ4v) is 5.52. The molecule has 1 atom stereocenters. The highest BCUT2D eigenvalue weighted by atomic mass is 32.1. The van der Waals surface area contributed by atoms with E-state index in [2.05, 4.69) is 34.0 Å². The van der Waals surface area contributed by atoms with Crippen LogP contribution in [0.15, 0.2) is 41.1 Å². The molecule has 0 radical (unpaired) electrons. The smallest absolute Gasteiger partial charge is 0.231 e. The number of hydrogen-bond donors (Lipinski definition) is 1. The van der Waals surface area contributed by atoms with E-state index in [1.54, 1.807) is 11.3 Å². The molecule has 6 heteroatoms. The average molecular weight is 412 g/mol. The maximum Gasteiger partial charge on any atom is 0.231 e. The highest BCUT2D eigenvalue weighted by molar-refractivity contribution is 7.10. The van der Waals surface area contributed by atoms with E-state index in [0.717, 1.165) is 42.3 Å². The monoisotopic (exact) mass is 411 g/mol. The van der Waals surface area contributed by atoms with Crippen LogP contribution in [0.3, 0.4) is 0 Å². The molecule has 28 heavy (non-hydrogen) atoms. The first kappa shape index (κ1) is 19.3. The minimum Gasteiger partial charge on any atom is -0.326 e. The molecule has 4 rings (SSSR count). The van der Waals surface area contributed by atoms with Crippen LogP contribution in [0.5, 0.6) is 0 Å². The SMILES string of the molecule is CCC1c2ccsc2CCN1Cc1csc(CC(=O)Nc2ccc(C)cc2)n1. The van der Waals surface area contributed by atoms with E-state index >= 15 is 0 Å². The molecule has 3 aromatic rings. The number of nitrogens with zero attached hydrogens (tertiary/aromatic N) is 2. The zero-order valence-electron chi connectivity index (χ0n) is 16.3. The Morgan fingerprint density at radius 3 is 2.86 bits per heavy atom. The molecule has 0 aliphatic carbocycles. The highest BCUT2D eigenvalue weighted by Gasteiger charge is 2.27. The lowest BCUT2D eigenvalue weighted by Crippen LogP contribution is -2.34. The van der Waals surface area contributed by atoms with Gasteiger partial charge in [-0.05, 0) is 48.9 Å². The summed E-state index contributed by atoms with van der Waals surface area (Å²) < 4.78 is 0. The number of aryl methyl sites for hydroxylation is 1. The van der Waals surface area contributed by atoms with E-state index in [0.29, 0.717) is 12.5 Å². The van der Waals surface area contributed by atoms with Crippen molar-refractivity contribution < 1.29 is 4.79 Å². The molecule has 0 spiro atoms. The topological polar surface area (TPSA) is 45.2 Å². The summed E-state index contributed by atoms with van der Waals surface area (Å²) in [5.74, 6) is -0.0166. The van der Waals surface area contributed by atoms with Crippen LogP contribution < -0.4 is 5.32 Å². The molecule has 1 aliphatic rings. The number of rotatable bonds is 6. The largest absolute Gasteiger partial charge is 0.326 e. The molecule has 0 saturated heterocycles. The van der Waals surface area contributed by atoms with Crippen molar-refractivity contribution in [1.82, 2.24) is 9.88 Å². The Hall–Kier alpha value is -2.02. The number of amides is 1. The Kier molecular flexibility index (Phi) is 5.90. The van der Waals surface area contributed by atoms with Crippen molar-refractivity contribution >= 4 is 34.3 Å². The second kappa shape index (κ2) is 8.55. The molecule has 1 amide bonds. The summed E-state index contributed by atoms with van der Waals surface area (Å²) in [6, 6.07) is 10.6. The van der Waals surface area contributed by atoms with Gasteiger partial charge in [-0.15, -0.1) is 22.7 Å². The van der Waals surface area contributed by atoms with E-state index in [1.807, 2.05) is 42.5 Å². The first-order chi connectivity index (χ1) is 13.6. The van der Waals surface area contributed by atoms with Gasteiger partial charge in [0.25, 0.3) is 0 Å². The summed E-state index contributed by atoms with van der Waals surface area (Å²) in [6.45, 7) is 6.22. The van der Waals surface area contributed by atoms with Gasteiger partial charge in [-0.1, -0.05) is 24.6 Å². The maximum absolute atomic E-state index is 12.3. The predicted molar refractivity (Wildman–Crippen MR) is 117 cm³/mol. The fourth-order valence-electron chi connectivity index (χ4n) is 3.81. The van der Waals surface area contributed by atoms with Gasteiger partial charge in [-0.25, -0.2) is 4.98 Å². The van der Waals surface area contributed by atoms with Gasteiger partial charge in [-0.3, -0.25) is 9.69 Å². The highest BCUT2D eigenvalue weighted by Crippen LogP contribution is 2.36. The van der Waals surface area contributed by atoms with Crippen LogP contribution in [0.2, 0.25) is 0 Å². The number of anilines is 1. The quantitative estimate of drug-likeness (QED) is 0.606. The van der Waals surface area contributed by atoms with Gasteiger partial charge < -0.3 is 5.32 Å². The molecule has 0 bridgehead atoms. The Morgan fingerprint density at radius 2 is 2.07 bits per heavy atom. The summed E-state index contributed by atoms with van der Waals surface area (Å²) >= 11 is 3.46. The van der Waals surface area contributed by atoms with Gasteiger partial charge in [0.1, 0.15) is 5.01 Å². The van der Waals surface area contributed by atoms with Crippen LogP contribution in [0.1, 0.15) is 46.1 Å². The van der Waals surface area contributed by atoms with Crippen molar-refractivity contribution in [3.63, 3.8) is 0 Å². The van der Waals surface area contributed by atoms with Gasteiger partial charge in [0.15, 0.2) is 0 Å². The summed E-state index contributed by atoms with van der Waals surface area (Å²) in [7, 11) is 0. The zero-order chi connectivity index (χ0) is 19.5. The Morgan fingerprint density at radius 1 is 1.25 bits per heavy atom. The molecule has 0 saturated carbocycles. The number of benzene rings is 1. The van der Waals surface area contributed by atoms with E-state index in [-0.39, 0.29) is 5.91 Å². The molecule has 3 heterocycles. The van der Waals surface area contributed by atoms with Gasteiger partial charge in [-0.2, -0.15) is 0 Å². The second-order valence-electron chi connectivity index (χ2n) is 7.27. The Labute approximate surface area is 174 Å². The molecule has 146 valence electrons. The average Bonchev–Trinajstić information content (AvgIpc) is 3.33. The standard InChI is InChI=1S/C22H25N3OS2/c1-3-19-18-9-11-27-20(18)8-10-25(19)13-17-14-28-22(24-17)12-21(26)23-16-6-4-15(2)5-7-16/h4-7,9,11,14,19H,3,8,10,12-13H2,1-2H3,(H,23,26). The van der Waals surface area contributed by atoms with Crippen molar-refractivity contribution in [2.75, 3.05) is 11.9 Å². The maximum atomic E-state index is 12.3. The minimum absolute atomic E-state index is 0.0166. The summed E-state index contributed by atoms with van der Waals surface area (Å²) in [4.78, 5) is 21.1. The van der Waals surface area contributed by atoms with Crippen molar-refractivity contribution in [2.45, 2.75) is 45.7 Å². The molecular weight excluding hydrogens is 386 g/mol. The number of aromatic nitrogens is 1. The molecule has 4 nitrogen and oxygen atoms in total. The summed E-state index contributed by atoms with van der Waals surface area (Å²) in [6.07, 6.45) is 2.56. The predicted octanol–water partition coefficient (Wildman–Crippen LogP) is 5.20. The molecule has 0 fully saturated rings. The fraction of sp³-hybridized carbons (Fsp3) is 0.364. The van der Waals surface area contributed by atoms with Gasteiger partial charge in [0.2, 0.25) is 5.91 Å². The minimum atomic E-state index is -0.0166. The third kappa shape index (κ3) is 4.35. The van der Waals surface area contributed by atoms with Crippen molar-refractivity contribution in [2.24, 2.45) is 0 Å². The number of thiazole rings is 1. The van der Waals surface area contributed by atoms with Crippen LogP contribution in [0.25, 0.3) is 0 Å². The van der Waals surface area contributed by atoms with Gasteiger partial charge in [0.05, 0.1) is 12.1 Å². The van der Waals surface area contributed by atoms with E-state index < -0.39 is 0 Å². The van der Waals surface area contributed by atoms with E-state index in [9.17, 15) is 4.79 Å². The third-order valence-corrected chi connectivity index (χ3v) is 7.10. The number of nitrogens with one attached hydrogen (secondary N) is 1. The second-order valence-corrected chi connectivity index (χ2v) is 9.21. The zero-order valence-corrected chi connectivity index (χ0v) is 17.9. The molecule has 1 N–H and O–H groups in total. The van der Waals surface area contributed by atoms with Gasteiger partial charge >= 0.3 is 0 Å². The number of carbonyl (C=O) groups is 1. The van der Waals surface area contributed by atoms with Crippen LogP contribution >= 0.6 is 22.7 Å². The van der Waals surface area contributed by atoms with Crippen LogP contribution in [0.4, 0.5) is 5.69 Å². The lowest BCUT2D eigenvalue weighted by atomic mass is 9.98. The lowest BCUT2D eigenvalue weighted by molar-refractivity contribution is -0.115. The molecule has 1 unspecified atom stereocenters. The molecule has 1 aromatic carbocycles. The van der Waals surface area contributed by atoms with Gasteiger partial charge in [0, 0.05) is 35.1 Å². The van der Waals surface area contributed by atoms with Crippen molar-refractivity contribution in [1.29, 1.82) is 0 Å². The summed E-state index contributed by atoms with van der Waals surface area (Å²) in [5, 5.41) is 8.14. The van der Waals surface area contributed by atoms with Crippen LogP contribution in [-0.4, -0.2) is 22.3 Å².